The molecular weight excluding hydrogens is 276 g/mol. The van der Waals surface area contributed by atoms with Gasteiger partial charge in [0, 0.05) is 25.0 Å². The van der Waals surface area contributed by atoms with Crippen LogP contribution < -0.4 is 5.32 Å². The van der Waals surface area contributed by atoms with Gasteiger partial charge < -0.3 is 5.32 Å². The third kappa shape index (κ3) is 2.86. The average Bonchev–Trinajstić information content (AvgIpc) is 3.00. The smallest absolute Gasteiger partial charge is 0.223 e. The van der Waals surface area contributed by atoms with Crippen LogP contribution in [0.2, 0.25) is 0 Å². The number of fused-ring (bicyclic) bond motifs is 2. The molecule has 6 heteroatoms. The van der Waals surface area contributed by atoms with Crippen molar-refractivity contribution < 1.29 is 13.2 Å². The number of nitrogens with zero attached hydrogens (tertiary/aromatic N) is 1. The molecule has 4 atom stereocenters. The molecule has 114 valence electrons. The van der Waals surface area contributed by atoms with E-state index in [4.69, 9.17) is 0 Å². The Labute approximate surface area is 121 Å². The van der Waals surface area contributed by atoms with Crippen molar-refractivity contribution in [2.45, 2.75) is 44.6 Å². The summed E-state index contributed by atoms with van der Waals surface area (Å²) in [6.07, 6.45) is 7.71. The fraction of sp³-hybridized carbons (Fsp3) is 0.929. The number of nitrogens with one attached hydrogen (secondary N) is 1. The predicted octanol–water partition coefficient (Wildman–Crippen LogP) is 0.963. The monoisotopic (exact) mass is 300 g/mol. The van der Waals surface area contributed by atoms with Crippen molar-refractivity contribution in [1.82, 2.24) is 9.62 Å². The Bertz CT molecular complexity index is 491. The summed E-state index contributed by atoms with van der Waals surface area (Å²) < 4.78 is 24.7. The molecular formula is C14H24N2O3S. The minimum atomic E-state index is -3.14. The van der Waals surface area contributed by atoms with Gasteiger partial charge in [0.1, 0.15) is 0 Å². The van der Waals surface area contributed by atoms with Crippen LogP contribution in [0.4, 0.5) is 0 Å². The van der Waals surface area contributed by atoms with Gasteiger partial charge in [-0.05, 0) is 43.9 Å². The van der Waals surface area contributed by atoms with E-state index in [0.29, 0.717) is 19.0 Å². The Morgan fingerprint density at radius 1 is 1.20 bits per heavy atom. The summed E-state index contributed by atoms with van der Waals surface area (Å²) in [7, 11) is -3.14. The maximum absolute atomic E-state index is 12.4. The molecule has 2 saturated carbocycles. The zero-order valence-corrected chi connectivity index (χ0v) is 12.9. The summed E-state index contributed by atoms with van der Waals surface area (Å²) in [4.78, 5) is 12.4. The first-order chi connectivity index (χ1) is 9.43. The molecule has 0 unspecified atom stereocenters. The Morgan fingerprint density at radius 3 is 2.60 bits per heavy atom. The highest BCUT2D eigenvalue weighted by molar-refractivity contribution is 7.88. The number of hydrogen-bond donors (Lipinski definition) is 1. The van der Waals surface area contributed by atoms with Gasteiger partial charge in [0.15, 0.2) is 0 Å². The molecule has 1 aliphatic heterocycles. The molecule has 1 N–H and O–H groups in total. The van der Waals surface area contributed by atoms with Crippen LogP contribution in [0.15, 0.2) is 0 Å². The van der Waals surface area contributed by atoms with Gasteiger partial charge in [-0.15, -0.1) is 0 Å². The van der Waals surface area contributed by atoms with E-state index in [1.165, 1.54) is 29.8 Å². The molecule has 0 radical (unpaired) electrons. The molecule has 3 rings (SSSR count). The molecule has 3 aliphatic rings. The summed E-state index contributed by atoms with van der Waals surface area (Å²) >= 11 is 0. The number of sulfonamides is 1. The maximum Gasteiger partial charge on any atom is 0.223 e. The molecule has 2 aliphatic carbocycles. The summed E-state index contributed by atoms with van der Waals surface area (Å²) in [6, 6.07) is -0.00917. The average molecular weight is 300 g/mol. The van der Waals surface area contributed by atoms with Crippen molar-refractivity contribution in [2.24, 2.45) is 17.8 Å². The van der Waals surface area contributed by atoms with Crippen LogP contribution in [0.1, 0.15) is 38.5 Å². The standard InChI is InChI=1S/C14H24N2O3S/c1-20(18,19)16-6-2-3-12(9-16)15-14(17)13-8-10-4-5-11(13)7-10/h10-13H,2-9H2,1H3,(H,15,17)/t10-,11-,12+,13-/m0/s1. The molecule has 1 saturated heterocycles. The Balaban J connectivity index is 1.56. The van der Waals surface area contributed by atoms with Gasteiger partial charge in [0.05, 0.1) is 6.26 Å². The fourth-order valence-electron chi connectivity index (χ4n) is 4.24. The van der Waals surface area contributed by atoms with Gasteiger partial charge in [-0.3, -0.25) is 4.79 Å². The zero-order chi connectivity index (χ0) is 14.3. The third-order valence-corrected chi connectivity index (χ3v) is 6.54. The third-order valence-electron chi connectivity index (χ3n) is 5.27. The molecule has 1 heterocycles. The van der Waals surface area contributed by atoms with Crippen molar-refractivity contribution in [1.29, 1.82) is 0 Å². The van der Waals surface area contributed by atoms with Crippen molar-refractivity contribution in [3.05, 3.63) is 0 Å². The molecule has 0 aromatic carbocycles. The highest BCUT2D eigenvalue weighted by Crippen LogP contribution is 2.48. The van der Waals surface area contributed by atoms with E-state index in [0.717, 1.165) is 25.2 Å². The second-order valence-corrected chi connectivity index (χ2v) is 8.73. The first kappa shape index (κ1) is 14.3. The molecule has 1 amide bonds. The van der Waals surface area contributed by atoms with Crippen LogP contribution in [0.5, 0.6) is 0 Å². The van der Waals surface area contributed by atoms with Crippen LogP contribution in [0.25, 0.3) is 0 Å². The second-order valence-electron chi connectivity index (χ2n) is 6.75. The number of amides is 1. The Morgan fingerprint density at radius 2 is 2.00 bits per heavy atom. The number of carbonyl (C=O) groups is 1. The SMILES string of the molecule is CS(=O)(=O)N1CCC[C@@H](NC(=O)[C@H]2C[C@H]3CC[C@H]2C3)C1. The molecule has 0 aromatic rings. The van der Waals surface area contributed by atoms with E-state index in [1.54, 1.807) is 0 Å². The van der Waals surface area contributed by atoms with E-state index in [2.05, 4.69) is 5.32 Å². The normalized spacial score (nSPS) is 38.0. The molecule has 20 heavy (non-hydrogen) atoms. The lowest BCUT2D eigenvalue weighted by molar-refractivity contribution is -0.127. The van der Waals surface area contributed by atoms with E-state index in [-0.39, 0.29) is 17.9 Å². The summed E-state index contributed by atoms with van der Waals surface area (Å²) in [5.41, 5.74) is 0. The predicted molar refractivity (Wildman–Crippen MR) is 76.5 cm³/mol. The number of rotatable bonds is 3. The number of piperidine rings is 1. The molecule has 5 nitrogen and oxygen atoms in total. The molecule has 0 aromatic heterocycles. The molecule has 2 bridgehead atoms. The lowest BCUT2D eigenvalue weighted by Crippen LogP contribution is -2.50. The van der Waals surface area contributed by atoms with Crippen LogP contribution in [0, 0.1) is 17.8 Å². The lowest BCUT2D eigenvalue weighted by Gasteiger charge is -2.32. The van der Waals surface area contributed by atoms with Crippen LogP contribution in [-0.4, -0.2) is 44.0 Å². The largest absolute Gasteiger partial charge is 0.352 e. The topological polar surface area (TPSA) is 66.5 Å². The van der Waals surface area contributed by atoms with Crippen LogP contribution in [0.3, 0.4) is 0 Å². The number of carbonyl (C=O) groups excluding carboxylic acids is 1. The van der Waals surface area contributed by atoms with Crippen LogP contribution in [-0.2, 0) is 14.8 Å². The van der Waals surface area contributed by atoms with Gasteiger partial charge in [-0.1, -0.05) is 6.42 Å². The minimum Gasteiger partial charge on any atom is -0.352 e. The Hall–Kier alpha value is -0.620. The quantitative estimate of drug-likeness (QED) is 0.844. The van der Waals surface area contributed by atoms with E-state index >= 15 is 0 Å². The van der Waals surface area contributed by atoms with Crippen molar-refractivity contribution in [3.63, 3.8) is 0 Å². The van der Waals surface area contributed by atoms with Gasteiger partial charge in [0.25, 0.3) is 0 Å². The van der Waals surface area contributed by atoms with E-state index < -0.39 is 10.0 Å². The summed E-state index contributed by atoms with van der Waals surface area (Å²) in [5.74, 6) is 1.68. The molecule has 0 spiro atoms. The maximum atomic E-state index is 12.4. The van der Waals surface area contributed by atoms with Gasteiger partial charge in [-0.2, -0.15) is 0 Å². The van der Waals surface area contributed by atoms with E-state index in [9.17, 15) is 13.2 Å². The van der Waals surface area contributed by atoms with E-state index in [1.807, 2.05) is 0 Å². The minimum absolute atomic E-state index is 0.00917. The summed E-state index contributed by atoms with van der Waals surface area (Å²) in [5, 5.41) is 3.10. The summed E-state index contributed by atoms with van der Waals surface area (Å²) in [6.45, 7) is 1.02. The van der Waals surface area contributed by atoms with Crippen LogP contribution >= 0.6 is 0 Å². The highest BCUT2D eigenvalue weighted by Gasteiger charge is 2.43. The molecule has 3 fully saturated rings. The van der Waals surface area contributed by atoms with Gasteiger partial charge >= 0.3 is 0 Å². The van der Waals surface area contributed by atoms with Crippen molar-refractivity contribution in [2.75, 3.05) is 19.3 Å². The van der Waals surface area contributed by atoms with Gasteiger partial charge in [-0.25, -0.2) is 12.7 Å². The first-order valence-corrected chi connectivity index (χ1v) is 9.54. The fourth-order valence-corrected chi connectivity index (χ4v) is 5.15. The Kier molecular flexibility index (Phi) is 3.79. The zero-order valence-electron chi connectivity index (χ0n) is 12.0. The number of hydrogen-bond acceptors (Lipinski definition) is 3. The van der Waals surface area contributed by atoms with Crippen molar-refractivity contribution in [3.8, 4) is 0 Å². The lowest BCUT2D eigenvalue weighted by atomic mass is 9.88. The second kappa shape index (κ2) is 5.30. The highest BCUT2D eigenvalue weighted by atomic mass is 32.2. The first-order valence-electron chi connectivity index (χ1n) is 7.69. The van der Waals surface area contributed by atoms with Crippen molar-refractivity contribution >= 4 is 15.9 Å². The van der Waals surface area contributed by atoms with Gasteiger partial charge in [0.2, 0.25) is 15.9 Å².